The average Bonchev–Trinajstić information content (AvgIpc) is 1.67. The summed E-state index contributed by atoms with van der Waals surface area (Å²) in [6.07, 6.45) is 0.438. The Hall–Kier alpha value is -0.595. The van der Waals surface area contributed by atoms with Gasteiger partial charge in [-0.15, -0.1) is 0 Å². The predicted octanol–water partition coefficient (Wildman–Crippen LogP) is 0.121. The minimum absolute atomic E-state index is 0.176. The molecule has 0 aromatic carbocycles. The van der Waals surface area contributed by atoms with Crippen LogP contribution in [-0.2, 0) is 9.59 Å². The molecule has 42 valence electrons. The number of carbonyl (C=O) groups excluding carboxylic acids is 2. The maximum absolute atomic E-state index is 10.3. The zero-order chi connectivity index (χ0) is 6.57. The van der Waals surface area contributed by atoms with E-state index in [0.29, 0.717) is 0 Å². The van der Waals surface area contributed by atoms with Gasteiger partial charge in [0.1, 0.15) is 0 Å². The maximum Gasteiger partial charge on any atom is 0.197 e. The molecule has 0 fully saturated rings. The van der Waals surface area contributed by atoms with Gasteiger partial charge in [-0.25, -0.2) is 0 Å². The Morgan fingerprint density at radius 1 is 1.50 bits per heavy atom. The summed E-state index contributed by atoms with van der Waals surface area (Å²) < 4.78 is 0. The zero-order valence-electron chi connectivity index (χ0n) is 4.81. The minimum atomic E-state index is -0.407. The van der Waals surface area contributed by atoms with E-state index in [-0.39, 0.29) is 18.5 Å². The van der Waals surface area contributed by atoms with Gasteiger partial charge < -0.3 is 0 Å². The Morgan fingerprint density at radius 2 is 2.00 bits per heavy atom. The van der Waals surface area contributed by atoms with Crippen LogP contribution in [0, 0.1) is 0 Å². The Morgan fingerprint density at radius 3 is 2.12 bits per heavy atom. The molecule has 0 bridgehead atoms. The Balaban J connectivity index is 3.49. The summed E-state index contributed by atoms with van der Waals surface area (Å²) in [5.74, 6) is -0.789. The first-order valence-corrected chi connectivity index (χ1v) is 2.42. The third-order valence-electron chi connectivity index (χ3n) is 0.764. The van der Waals surface area contributed by atoms with Gasteiger partial charge in [-0.1, -0.05) is 6.32 Å². The normalized spacial score (nSPS) is 8.62. The topological polar surface area (TPSA) is 34.1 Å². The van der Waals surface area contributed by atoms with E-state index in [2.05, 4.69) is 0 Å². The molecule has 0 N–H and O–H groups in total. The first kappa shape index (κ1) is 7.40. The van der Waals surface area contributed by atoms with Crippen LogP contribution in [0.3, 0.4) is 0 Å². The van der Waals surface area contributed by atoms with Gasteiger partial charge in [-0.05, 0) is 0 Å². The van der Waals surface area contributed by atoms with Crippen molar-refractivity contribution in [3.05, 3.63) is 0 Å². The van der Waals surface area contributed by atoms with Crippen molar-refractivity contribution >= 4 is 19.4 Å². The quantitative estimate of drug-likeness (QED) is 0.382. The van der Waals surface area contributed by atoms with Crippen molar-refractivity contribution < 1.29 is 9.59 Å². The summed E-state index contributed by atoms with van der Waals surface area (Å²) in [5, 5.41) is 0. The van der Waals surface area contributed by atoms with Crippen molar-refractivity contribution in [2.75, 3.05) is 0 Å². The largest absolute Gasteiger partial charge is 0.291 e. The van der Waals surface area contributed by atoms with E-state index in [4.69, 9.17) is 7.85 Å². The van der Waals surface area contributed by atoms with E-state index in [1.165, 1.54) is 6.92 Å². The number of rotatable bonds is 3. The SMILES string of the molecule is [B]CCC(=O)C(C)=O. The molecule has 0 rings (SSSR count). The fraction of sp³-hybridized carbons (Fsp3) is 0.600. The maximum atomic E-state index is 10.3. The third-order valence-corrected chi connectivity index (χ3v) is 0.764. The van der Waals surface area contributed by atoms with Crippen LogP contribution in [0.4, 0.5) is 0 Å². The van der Waals surface area contributed by atoms with Gasteiger partial charge in [0.05, 0.1) is 7.85 Å². The van der Waals surface area contributed by atoms with E-state index in [9.17, 15) is 9.59 Å². The monoisotopic (exact) mass is 110 g/mol. The molecule has 2 radical (unpaired) electrons. The van der Waals surface area contributed by atoms with Crippen LogP contribution in [0.5, 0.6) is 0 Å². The Labute approximate surface area is 49.7 Å². The van der Waals surface area contributed by atoms with Gasteiger partial charge in [0, 0.05) is 13.3 Å². The number of ketones is 2. The lowest BCUT2D eigenvalue weighted by Gasteiger charge is -1.87. The standard InChI is InChI=1S/C5H7BO2/c1-4(7)5(8)2-3-6/h2-3H2,1H3. The van der Waals surface area contributed by atoms with Crippen LogP contribution in [0.1, 0.15) is 13.3 Å². The van der Waals surface area contributed by atoms with Gasteiger partial charge >= 0.3 is 0 Å². The minimum Gasteiger partial charge on any atom is -0.291 e. The highest BCUT2D eigenvalue weighted by Crippen LogP contribution is 1.87. The molecule has 0 unspecified atom stereocenters. The summed E-state index contributed by atoms with van der Waals surface area (Å²) in [4.78, 5) is 20.4. The van der Waals surface area contributed by atoms with Crippen LogP contribution < -0.4 is 0 Å². The second-order valence-corrected chi connectivity index (χ2v) is 1.52. The van der Waals surface area contributed by atoms with Gasteiger partial charge in [0.15, 0.2) is 11.6 Å². The molecule has 0 aliphatic heterocycles. The van der Waals surface area contributed by atoms with Crippen LogP contribution in [0.15, 0.2) is 0 Å². The molecule has 0 spiro atoms. The van der Waals surface area contributed by atoms with Crippen molar-refractivity contribution in [2.45, 2.75) is 19.7 Å². The highest BCUT2D eigenvalue weighted by molar-refractivity contribution is 6.37. The van der Waals surface area contributed by atoms with E-state index in [0.717, 1.165) is 0 Å². The van der Waals surface area contributed by atoms with E-state index in [1.54, 1.807) is 0 Å². The molecule has 0 heterocycles. The summed E-state index contributed by atoms with van der Waals surface area (Å²) >= 11 is 0. The summed E-state index contributed by atoms with van der Waals surface area (Å²) in [5.41, 5.74) is 0. The van der Waals surface area contributed by atoms with Crippen molar-refractivity contribution in [3.63, 3.8) is 0 Å². The number of Topliss-reactive ketones (excluding diaryl/α,β-unsaturated/α-hetero) is 2. The molecule has 0 saturated heterocycles. The van der Waals surface area contributed by atoms with Gasteiger partial charge in [-0.2, -0.15) is 0 Å². The molecule has 0 aliphatic carbocycles. The molecular weight excluding hydrogens is 103 g/mol. The predicted molar refractivity (Wildman–Crippen MR) is 30.9 cm³/mol. The van der Waals surface area contributed by atoms with Gasteiger partial charge in [0.25, 0.3) is 0 Å². The fourth-order valence-electron chi connectivity index (χ4n) is 0.307. The van der Waals surface area contributed by atoms with Crippen molar-refractivity contribution in [3.8, 4) is 0 Å². The molecule has 0 amide bonds. The Kier molecular flexibility index (Phi) is 3.16. The molecule has 2 nitrogen and oxygen atoms in total. The van der Waals surface area contributed by atoms with Crippen LogP contribution in [0.25, 0.3) is 0 Å². The third kappa shape index (κ3) is 2.56. The molecular formula is C5H7BO2. The van der Waals surface area contributed by atoms with Crippen LogP contribution in [0.2, 0.25) is 6.32 Å². The van der Waals surface area contributed by atoms with Gasteiger partial charge in [-0.3, -0.25) is 9.59 Å². The summed E-state index contributed by atoms with van der Waals surface area (Å²) in [6.45, 7) is 1.25. The molecule has 0 saturated carbocycles. The lowest BCUT2D eigenvalue weighted by atomic mass is 9.99. The van der Waals surface area contributed by atoms with E-state index in [1.807, 2.05) is 0 Å². The second kappa shape index (κ2) is 3.41. The van der Waals surface area contributed by atoms with E-state index < -0.39 is 5.78 Å². The van der Waals surface area contributed by atoms with Crippen molar-refractivity contribution in [1.29, 1.82) is 0 Å². The summed E-state index contributed by atoms with van der Waals surface area (Å²) in [6, 6.07) is 0. The average molecular weight is 110 g/mol. The zero-order valence-corrected chi connectivity index (χ0v) is 4.81. The first-order chi connectivity index (χ1) is 3.68. The van der Waals surface area contributed by atoms with Crippen molar-refractivity contribution in [1.82, 2.24) is 0 Å². The van der Waals surface area contributed by atoms with Crippen LogP contribution >= 0.6 is 0 Å². The number of carbonyl (C=O) groups is 2. The van der Waals surface area contributed by atoms with Gasteiger partial charge in [0.2, 0.25) is 0 Å². The molecule has 0 aliphatic rings. The van der Waals surface area contributed by atoms with Crippen molar-refractivity contribution in [2.24, 2.45) is 0 Å². The van der Waals surface area contributed by atoms with Crippen LogP contribution in [-0.4, -0.2) is 19.4 Å². The molecule has 8 heavy (non-hydrogen) atoms. The summed E-state index contributed by atoms with van der Waals surface area (Å²) in [7, 11) is 4.99. The Bertz CT molecular complexity index is 109. The number of hydrogen-bond donors (Lipinski definition) is 0. The molecule has 3 heteroatoms. The smallest absolute Gasteiger partial charge is 0.197 e. The number of hydrogen-bond acceptors (Lipinski definition) is 2. The first-order valence-electron chi connectivity index (χ1n) is 2.42. The van der Waals surface area contributed by atoms with E-state index >= 15 is 0 Å². The molecule has 0 atom stereocenters. The highest BCUT2D eigenvalue weighted by Gasteiger charge is 2.03. The molecule has 0 aromatic heterocycles. The lowest BCUT2D eigenvalue weighted by molar-refractivity contribution is -0.135. The fourth-order valence-corrected chi connectivity index (χ4v) is 0.307. The molecule has 0 aromatic rings. The highest BCUT2D eigenvalue weighted by atomic mass is 16.2. The second-order valence-electron chi connectivity index (χ2n) is 1.52. The lowest BCUT2D eigenvalue weighted by Crippen LogP contribution is -2.07.